The molecule has 28 heavy (non-hydrogen) atoms. The summed E-state index contributed by atoms with van der Waals surface area (Å²) in [6, 6.07) is 7.45. The van der Waals surface area contributed by atoms with Crippen molar-refractivity contribution in [3.8, 4) is 0 Å². The van der Waals surface area contributed by atoms with E-state index in [1.165, 1.54) is 30.6 Å². The van der Waals surface area contributed by atoms with E-state index in [0.717, 1.165) is 23.8 Å². The van der Waals surface area contributed by atoms with Gasteiger partial charge in [-0.15, -0.1) is 11.3 Å². The fourth-order valence-electron chi connectivity index (χ4n) is 3.10. The molecule has 148 valence electrons. The van der Waals surface area contributed by atoms with E-state index in [1.807, 2.05) is 17.5 Å². The highest BCUT2D eigenvalue weighted by atomic mass is 32.1. The van der Waals surface area contributed by atoms with Crippen LogP contribution in [0.4, 0.5) is 5.69 Å². The van der Waals surface area contributed by atoms with Gasteiger partial charge >= 0.3 is 5.97 Å². The van der Waals surface area contributed by atoms with E-state index in [2.05, 4.69) is 4.74 Å². The highest BCUT2D eigenvalue weighted by Crippen LogP contribution is 2.23. The first-order valence-corrected chi connectivity index (χ1v) is 9.67. The van der Waals surface area contributed by atoms with Gasteiger partial charge in [-0.05, 0) is 30.4 Å². The Balaban J connectivity index is 1.92. The van der Waals surface area contributed by atoms with E-state index in [1.54, 1.807) is 4.90 Å². The van der Waals surface area contributed by atoms with Crippen LogP contribution in [-0.2, 0) is 16.0 Å². The molecule has 0 N–H and O–H groups in total. The van der Waals surface area contributed by atoms with Gasteiger partial charge in [0.1, 0.15) is 0 Å². The van der Waals surface area contributed by atoms with E-state index in [0.29, 0.717) is 19.7 Å². The smallest absolute Gasteiger partial charge is 0.338 e. The van der Waals surface area contributed by atoms with Crippen LogP contribution in [0.25, 0.3) is 0 Å². The Labute approximate surface area is 165 Å². The fourth-order valence-corrected chi connectivity index (χ4v) is 3.82. The molecule has 1 aromatic carbocycles. The summed E-state index contributed by atoms with van der Waals surface area (Å²) in [6.45, 7) is 1.41. The normalized spacial score (nSPS) is 16.0. The Morgan fingerprint density at radius 2 is 2.14 bits per heavy atom. The first-order valence-electron chi connectivity index (χ1n) is 8.79. The molecule has 2 aromatic rings. The number of carbonyl (C=O) groups is 2. The number of esters is 1. The molecule has 1 unspecified atom stereocenters. The number of hydrogen-bond donors (Lipinski definition) is 0. The second kappa shape index (κ2) is 8.94. The van der Waals surface area contributed by atoms with Gasteiger partial charge < -0.3 is 14.4 Å². The van der Waals surface area contributed by atoms with Gasteiger partial charge in [0, 0.05) is 35.7 Å². The predicted octanol–water partition coefficient (Wildman–Crippen LogP) is 3.26. The zero-order valence-corrected chi connectivity index (χ0v) is 16.1. The number of carbonyl (C=O) groups excluding carboxylic acids is 2. The second-order valence-corrected chi connectivity index (χ2v) is 7.45. The predicted molar refractivity (Wildman–Crippen MR) is 102 cm³/mol. The van der Waals surface area contributed by atoms with Crippen LogP contribution in [0.3, 0.4) is 0 Å². The molecule has 8 nitrogen and oxygen atoms in total. The number of nitro benzene ring substituents is 1. The molecule has 1 fully saturated rings. The van der Waals surface area contributed by atoms with Crippen molar-refractivity contribution in [1.29, 1.82) is 0 Å². The van der Waals surface area contributed by atoms with Gasteiger partial charge in [-0.3, -0.25) is 14.9 Å². The highest BCUT2D eigenvalue weighted by molar-refractivity contribution is 7.09. The van der Waals surface area contributed by atoms with Crippen LogP contribution < -0.4 is 0 Å². The summed E-state index contributed by atoms with van der Waals surface area (Å²) in [5.41, 5.74) is -0.295. The third-order valence-corrected chi connectivity index (χ3v) is 5.32. The second-order valence-electron chi connectivity index (χ2n) is 6.42. The number of hydrogen-bond acceptors (Lipinski definition) is 7. The third-order valence-electron chi connectivity index (χ3n) is 4.46. The van der Waals surface area contributed by atoms with Gasteiger partial charge in [0.05, 0.1) is 30.2 Å². The summed E-state index contributed by atoms with van der Waals surface area (Å²) in [7, 11) is 1.18. The first-order chi connectivity index (χ1) is 13.5. The van der Waals surface area contributed by atoms with Gasteiger partial charge in [-0.2, -0.15) is 0 Å². The number of rotatable bonds is 7. The van der Waals surface area contributed by atoms with Crippen molar-refractivity contribution in [2.45, 2.75) is 25.5 Å². The summed E-state index contributed by atoms with van der Waals surface area (Å²) in [5.74, 6) is -1.13. The molecule has 3 rings (SSSR count). The molecule has 2 heterocycles. The van der Waals surface area contributed by atoms with E-state index >= 15 is 0 Å². The Morgan fingerprint density at radius 1 is 1.36 bits per heavy atom. The Hall–Kier alpha value is -2.78. The van der Waals surface area contributed by atoms with E-state index in [4.69, 9.17) is 4.74 Å². The number of nitrogens with zero attached hydrogens (tertiary/aromatic N) is 2. The molecule has 1 saturated heterocycles. The van der Waals surface area contributed by atoms with E-state index in [-0.39, 0.29) is 22.9 Å². The number of ether oxygens (including phenoxy) is 2. The molecular weight excluding hydrogens is 384 g/mol. The molecule has 1 aliphatic rings. The third kappa shape index (κ3) is 4.73. The number of methoxy groups -OCH3 is 1. The Bertz CT molecular complexity index is 861. The zero-order valence-electron chi connectivity index (χ0n) is 15.3. The molecule has 1 amide bonds. The van der Waals surface area contributed by atoms with Crippen molar-refractivity contribution in [1.82, 2.24) is 4.90 Å². The zero-order chi connectivity index (χ0) is 20.1. The minimum atomic E-state index is -0.735. The van der Waals surface area contributed by atoms with Crippen molar-refractivity contribution < 1.29 is 24.0 Å². The number of amides is 1. The van der Waals surface area contributed by atoms with Crippen LogP contribution in [0.2, 0.25) is 0 Å². The first kappa shape index (κ1) is 20.0. The largest absolute Gasteiger partial charge is 0.465 e. The maximum atomic E-state index is 13.2. The van der Waals surface area contributed by atoms with Gasteiger partial charge in [-0.25, -0.2) is 4.79 Å². The lowest BCUT2D eigenvalue weighted by atomic mass is 10.1. The standard InChI is InChI=1S/C19H20N2O6S/c1-26-19(23)14-8-13(9-15(10-14)21(24)25)18(22)20(11-16-4-2-6-27-16)12-17-5-3-7-28-17/h3,5,7-10,16H,2,4,6,11-12H2,1H3. The van der Waals surface area contributed by atoms with Crippen molar-refractivity contribution in [3.63, 3.8) is 0 Å². The molecule has 0 aliphatic carbocycles. The van der Waals surface area contributed by atoms with Gasteiger partial charge in [0.15, 0.2) is 0 Å². The maximum absolute atomic E-state index is 13.2. The number of non-ortho nitro benzene ring substituents is 1. The number of benzene rings is 1. The van der Waals surface area contributed by atoms with Crippen LogP contribution in [0.5, 0.6) is 0 Å². The lowest BCUT2D eigenvalue weighted by Gasteiger charge is -2.25. The molecule has 1 aliphatic heterocycles. The summed E-state index contributed by atoms with van der Waals surface area (Å²) in [6.07, 6.45) is 1.73. The lowest BCUT2D eigenvalue weighted by molar-refractivity contribution is -0.384. The summed E-state index contributed by atoms with van der Waals surface area (Å²) < 4.78 is 10.3. The molecule has 0 bridgehead atoms. The molecule has 1 atom stereocenters. The summed E-state index contributed by atoms with van der Waals surface area (Å²) >= 11 is 1.52. The highest BCUT2D eigenvalue weighted by Gasteiger charge is 2.26. The van der Waals surface area contributed by atoms with Crippen molar-refractivity contribution in [2.24, 2.45) is 0 Å². The van der Waals surface area contributed by atoms with Gasteiger partial charge in [0.2, 0.25) is 0 Å². The monoisotopic (exact) mass is 404 g/mol. The van der Waals surface area contributed by atoms with Gasteiger partial charge in [-0.1, -0.05) is 6.07 Å². The average Bonchev–Trinajstić information content (AvgIpc) is 3.40. The van der Waals surface area contributed by atoms with Crippen LogP contribution in [-0.4, -0.2) is 48.1 Å². The molecular formula is C19H20N2O6S. The van der Waals surface area contributed by atoms with Crippen molar-refractivity contribution in [2.75, 3.05) is 20.3 Å². The average molecular weight is 404 g/mol. The van der Waals surface area contributed by atoms with Crippen molar-refractivity contribution >= 4 is 28.9 Å². The maximum Gasteiger partial charge on any atom is 0.338 e. The van der Waals surface area contributed by atoms with Crippen molar-refractivity contribution in [3.05, 3.63) is 61.8 Å². The van der Waals surface area contributed by atoms with Crippen LogP contribution >= 0.6 is 11.3 Å². The van der Waals surface area contributed by atoms with Crippen LogP contribution in [0, 0.1) is 10.1 Å². The molecule has 9 heteroatoms. The van der Waals surface area contributed by atoms with E-state index < -0.39 is 16.8 Å². The Morgan fingerprint density at radius 3 is 2.75 bits per heavy atom. The summed E-state index contributed by atoms with van der Waals surface area (Å²) in [5, 5.41) is 13.2. The minimum absolute atomic E-state index is 0.0340. The quantitative estimate of drug-likeness (QED) is 0.399. The molecule has 0 saturated carbocycles. The SMILES string of the molecule is COC(=O)c1cc(C(=O)N(Cc2cccs2)CC2CCCO2)cc([N+](=O)[O-])c1. The molecule has 1 aromatic heterocycles. The fraction of sp³-hybridized carbons (Fsp3) is 0.368. The molecule has 0 radical (unpaired) electrons. The topological polar surface area (TPSA) is 99.0 Å². The van der Waals surface area contributed by atoms with Gasteiger partial charge in [0.25, 0.3) is 11.6 Å². The number of thiophene rings is 1. The lowest BCUT2D eigenvalue weighted by Crippen LogP contribution is -2.36. The van der Waals surface area contributed by atoms with Crippen LogP contribution in [0.15, 0.2) is 35.7 Å². The number of nitro groups is 1. The Kier molecular flexibility index (Phi) is 6.37. The molecule has 0 spiro atoms. The summed E-state index contributed by atoms with van der Waals surface area (Å²) in [4.78, 5) is 38.3. The van der Waals surface area contributed by atoms with E-state index in [9.17, 15) is 19.7 Å². The minimum Gasteiger partial charge on any atom is -0.465 e. The van der Waals surface area contributed by atoms with Crippen LogP contribution in [0.1, 0.15) is 38.4 Å².